The van der Waals surface area contributed by atoms with Gasteiger partial charge >= 0.3 is 0 Å². The Bertz CT molecular complexity index is 671. The van der Waals surface area contributed by atoms with Crippen molar-refractivity contribution in [3.8, 4) is 0 Å². The first kappa shape index (κ1) is 20.1. The fourth-order valence-corrected chi connectivity index (χ4v) is 3.88. The third-order valence-corrected chi connectivity index (χ3v) is 5.33. The van der Waals surface area contributed by atoms with Gasteiger partial charge in [-0.25, -0.2) is 10.9 Å². The predicted molar refractivity (Wildman–Crippen MR) is 105 cm³/mol. The number of hydrogen-bond donors (Lipinski definition) is 3. The normalized spacial score (nSPS) is 23.9. The van der Waals surface area contributed by atoms with Gasteiger partial charge in [-0.15, -0.1) is 0 Å². The molecule has 2 saturated heterocycles. The maximum Gasteiger partial charge on any atom is 0.241 e. The zero-order valence-corrected chi connectivity index (χ0v) is 16.5. The number of halogens is 1. The van der Waals surface area contributed by atoms with E-state index < -0.39 is 0 Å². The molecule has 8 heteroatoms. The molecule has 7 nitrogen and oxygen atoms in total. The van der Waals surface area contributed by atoms with Crippen molar-refractivity contribution in [2.24, 2.45) is 0 Å². The van der Waals surface area contributed by atoms with Gasteiger partial charge in [0.2, 0.25) is 11.8 Å². The Hall–Kier alpha value is -1.67. The van der Waals surface area contributed by atoms with E-state index >= 15 is 0 Å². The van der Waals surface area contributed by atoms with E-state index in [1.165, 1.54) is 0 Å². The van der Waals surface area contributed by atoms with Crippen LogP contribution in [0, 0.1) is 0 Å². The number of nitrogens with zero attached hydrogens (tertiary/aromatic N) is 2. The summed E-state index contributed by atoms with van der Waals surface area (Å²) in [5.41, 5.74) is 7.43. The average molecular weight is 394 g/mol. The first-order chi connectivity index (χ1) is 13.1. The molecule has 2 unspecified atom stereocenters. The molecule has 2 aliphatic rings. The lowest BCUT2D eigenvalue weighted by Gasteiger charge is -2.24. The number of nitrogens with one attached hydrogen (secondary N) is 3. The number of rotatable bonds is 5. The third-order valence-electron chi connectivity index (χ3n) is 5.09. The molecule has 0 saturated carbocycles. The van der Waals surface area contributed by atoms with Crippen molar-refractivity contribution in [2.45, 2.75) is 31.8 Å². The minimum Gasteiger partial charge on any atom is -0.355 e. The van der Waals surface area contributed by atoms with Gasteiger partial charge in [0.25, 0.3) is 0 Å². The molecule has 0 radical (unpaired) electrons. The van der Waals surface area contributed by atoms with E-state index in [4.69, 9.17) is 11.6 Å². The third kappa shape index (κ3) is 5.42. The van der Waals surface area contributed by atoms with Gasteiger partial charge in [-0.05, 0) is 37.5 Å². The molecule has 0 aromatic heterocycles. The monoisotopic (exact) mass is 393 g/mol. The van der Waals surface area contributed by atoms with Gasteiger partial charge in [0.15, 0.2) is 0 Å². The van der Waals surface area contributed by atoms with E-state index in [1.54, 1.807) is 0 Å². The summed E-state index contributed by atoms with van der Waals surface area (Å²) in [6.07, 6.45) is 1.57. The van der Waals surface area contributed by atoms with Gasteiger partial charge < -0.3 is 10.2 Å². The van der Waals surface area contributed by atoms with Gasteiger partial charge in [0.1, 0.15) is 6.04 Å². The summed E-state index contributed by atoms with van der Waals surface area (Å²) < 4.78 is 0. The van der Waals surface area contributed by atoms with Crippen LogP contribution in [0.15, 0.2) is 24.3 Å². The molecule has 0 aliphatic carbocycles. The number of carbonyl (C=O) groups excluding carboxylic acids is 2. The van der Waals surface area contributed by atoms with Gasteiger partial charge in [-0.2, -0.15) is 0 Å². The second kappa shape index (κ2) is 9.50. The van der Waals surface area contributed by atoms with Crippen LogP contribution in [0.1, 0.15) is 31.4 Å². The zero-order valence-electron chi connectivity index (χ0n) is 15.7. The summed E-state index contributed by atoms with van der Waals surface area (Å²) in [5, 5.41) is 3.53. The summed E-state index contributed by atoms with van der Waals surface area (Å²) >= 11 is 6.08. The predicted octanol–water partition coefficient (Wildman–Crippen LogP) is 0.918. The molecule has 2 aliphatic heterocycles. The number of benzene rings is 1. The molecule has 3 rings (SSSR count). The van der Waals surface area contributed by atoms with Crippen molar-refractivity contribution < 1.29 is 9.59 Å². The molecule has 2 atom stereocenters. The van der Waals surface area contributed by atoms with E-state index in [0.29, 0.717) is 31.1 Å². The molecule has 1 aromatic rings. The largest absolute Gasteiger partial charge is 0.355 e. The van der Waals surface area contributed by atoms with E-state index in [-0.39, 0.29) is 23.9 Å². The molecule has 1 aromatic carbocycles. The summed E-state index contributed by atoms with van der Waals surface area (Å²) in [6, 6.07) is 7.54. The minimum absolute atomic E-state index is 0.0447. The number of likely N-dealkylation sites (N-methyl/N-ethyl adjacent to an activating group) is 1. The Kier molecular flexibility index (Phi) is 7.07. The molecule has 148 valence electrons. The molecule has 3 N–H and O–H groups in total. The summed E-state index contributed by atoms with van der Waals surface area (Å²) in [6.45, 7) is 5.90. The van der Waals surface area contributed by atoms with E-state index in [1.807, 2.05) is 36.1 Å². The van der Waals surface area contributed by atoms with Crippen molar-refractivity contribution >= 4 is 23.4 Å². The van der Waals surface area contributed by atoms with Gasteiger partial charge in [0, 0.05) is 43.8 Å². The van der Waals surface area contributed by atoms with Crippen LogP contribution in [-0.4, -0.2) is 66.9 Å². The van der Waals surface area contributed by atoms with Crippen molar-refractivity contribution in [2.75, 3.05) is 39.3 Å². The second-order valence-corrected chi connectivity index (χ2v) is 7.53. The fourth-order valence-electron chi connectivity index (χ4n) is 3.69. The summed E-state index contributed by atoms with van der Waals surface area (Å²) in [7, 11) is 0. The molecule has 0 bridgehead atoms. The maximum atomic E-state index is 12.9. The zero-order chi connectivity index (χ0) is 19.2. The topological polar surface area (TPSA) is 76.7 Å². The van der Waals surface area contributed by atoms with Crippen LogP contribution >= 0.6 is 11.6 Å². The lowest BCUT2D eigenvalue weighted by molar-refractivity contribution is -0.133. The van der Waals surface area contributed by atoms with Crippen LogP contribution in [0.4, 0.5) is 0 Å². The average Bonchev–Trinajstić information content (AvgIpc) is 3.03. The van der Waals surface area contributed by atoms with Crippen LogP contribution in [-0.2, 0) is 9.59 Å². The highest BCUT2D eigenvalue weighted by Crippen LogP contribution is 2.25. The van der Waals surface area contributed by atoms with Crippen LogP contribution in [0.25, 0.3) is 0 Å². The van der Waals surface area contributed by atoms with Crippen LogP contribution in [0.3, 0.4) is 0 Å². The number of amides is 2. The standard InChI is InChI=1S/C19H28ClN5O2/c1-2-21-18(26)13-24-7-4-8-25(10-9-24)19(27)17-12-16(22-23-17)14-5-3-6-15(20)11-14/h3,5-6,11,16-17,22-23H,2,4,7-10,12-13H2,1H3,(H,21,26). The number of hydrazine groups is 1. The van der Waals surface area contributed by atoms with E-state index in [0.717, 1.165) is 31.6 Å². The Morgan fingerprint density at radius 3 is 2.85 bits per heavy atom. The lowest BCUT2D eigenvalue weighted by Crippen LogP contribution is -2.47. The van der Waals surface area contributed by atoms with Crippen LogP contribution in [0.5, 0.6) is 0 Å². The van der Waals surface area contributed by atoms with Crippen molar-refractivity contribution in [1.29, 1.82) is 0 Å². The molecule has 2 fully saturated rings. The molecule has 2 amide bonds. The fraction of sp³-hybridized carbons (Fsp3) is 0.579. The highest BCUT2D eigenvalue weighted by Gasteiger charge is 2.33. The highest BCUT2D eigenvalue weighted by atomic mass is 35.5. The quantitative estimate of drug-likeness (QED) is 0.693. The van der Waals surface area contributed by atoms with Gasteiger partial charge in [-0.1, -0.05) is 23.7 Å². The molecule has 27 heavy (non-hydrogen) atoms. The Morgan fingerprint density at radius 2 is 2.07 bits per heavy atom. The van der Waals surface area contributed by atoms with Crippen LogP contribution < -0.4 is 16.2 Å². The highest BCUT2D eigenvalue weighted by molar-refractivity contribution is 6.30. The molecule has 0 spiro atoms. The molecular formula is C19H28ClN5O2. The number of carbonyl (C=O) groups is 2. The van der Waals surface area contributed by atoms with Gasteiger partial charge in [-0.3, -0.25) is 14.5 Å². The summed E-state index contributed by atoms with van der Waals surface area (Å²) in [4.78, 5) is 28.7. The van der Waals surface area contributed by atoms with E-state index in [2.05, 4.69) is 21.1 Å². The van der Waals surface area contributed by atoms with Crippen molar-refractivity contribution in [3.63, 3.8) is 0 Å². The molecular weight excluding hydrogens is 366 g/mol. The first-order valence-electron chi connectivity index (χ1n) is 9.61. The second-order valence-electron chi connectivity index (χ2n) is 7.09. The first-order valence-corrected chi connectivity index (χ1v) is 9.99. The SMILES string of the molecule is CCNC(=O)CN1CCCN(C(=O)C2CC(c3cccc(Cl)c3)NN2)CC1. The summed E-state index contributed by atoms with van der Waals surface area (Å²) in [5.74, 6) is 0.162. The van der Waals surface area contributed by atoms with Crippen molar-refractivity contribution in [3.05, 3.63) is 34.9 Å². The minimum atomic E-state index is -0.246. The Labute approximate surface area is 165 Å². The molecule has 2 heterocycles. The lowest BCUT2D eigenvalue weighted by atomic mass is 10.0. The Balaban J connectivity index is 1.52. The maximum absolute atomic E-state index is 12.9. The van der Waals surface area contributed by atoms with Gasteiger partial charge in [0.05, 0.1) is 6.54 Å². The van der Waals surface area contributed by atoms with E-state index in [9.17, 15) is 9.59 Å². The van der Waals surface area contributed by atoms with Crippen molar-refractivity contribution in [1.82, 2.24) is 26.0 Å². The Morgan fingerprint density at radius 1 is 1.22 bits per heavy atom. The van der Waals surface area contributed by atoms with Crippen LogP contribution in [0.2, 0.25) is 5.02 Å². The smallest absolute Gasteiger partial charge is 0.241 e. The number of hydrogen-bond acceptors (Lipinski definition) is 5.